The molecule has 22 saturated heterocycles. The maximum Gasteiger partial charge on any atom is 0.306 e. The molecule has 7 unspecified atom stereocenters. The van der Waals surface area contributed by atoms with Crippen LogP contribution in [0.25, 0.3) is 0 Å². The van der Waals surface area contributed by atoms with E-state index in [-0.39, 0.29) is 238 Å². The van der Waals surface area contributed by atoms with Gasteiger partial charge in [-0.25, -0.2) is 0 Å². The summed E-state index contributed by atoms with van der Waals surface area (Å²) in [6.45, 7) is 40.1. The van der Waals surface area contributed by atoms with Crippen LogP contribution in [0, 0.1) is 85.5 Å². The summed E-state index contributed by atoms with van der Waals surface area (Å²) in [6.07, 6.45) is 5.42. The fraction of sp³-hybridized carbons (Fsp3) is 0.840. The van der Waals surface area contributed by atoms with Gasteiger partial charge in [0.05, 0.1) is 120 Å². The van der Waals surface area contributed by atoms with E-state index in [1.165, 1.54) is 5.57 Å². The Kier molecular flexibility index (Phi) is 41.9. The molecule has 6 N–H and O–H groups in total. The van der Waals surface area contributed by atoms with Crippen LogP contribution >= 0.6 is 11.8 Å². The number of aliphatic hydroxyl groups is 6. The molecule has 39 atom stereocenters. The van der Waals surface area contributed by atoms with Gasteiger partial charge in [0, 0.05) is 90.4 Å². The van der Waals surface area contributed by atoms with Crippen molar-refractivity contribution in [3.8, 4) is 0 Å². The zero-order valence-electron chi connectivity index (χ0n) is 85.7. The second kappa shape index (κ2) is 51.1. The Hall–Kier alpha value is -4.17. The predicted molar refractivity (Wildman–Crippen MR) is 490 cm³/mol. The number of carbonyl (C=O) groups is 8. The van der Waals surface area contributed by atoms with E-state index in [9.17, 15) is 58.8 Å². The number of thioether (sulfide) groups is 1. The van der Waals surface area contributed by atoms with Gasteiger partial charge >= 0.3 is 35.8 Å². The second-order valence-corrected chi connectivity index (χ2v) is 42.0. The molecule has 23 rings (SSSR count). The van der Waals surface area contributed by atoms with Crippen molar-refractivity contribution >= 4 is 59.6 Å². The van der Waals surface area contributed by atoms with Crippen LogP contribution in [-0.4, -0.2) is 336 Å². The number of aldehydes is 1. The first-order valence-corrected chi connectivity index (χ1v) is 51.6. The van der Waals surface area contributed by atoms with Gasteiger partial charge in [-0.05, 0) is 152 Å². The van der Waals surface area contributed by atoms with Gasteiger partial charge in [0.2, 0.25) is 0 Å². The molecule has 0 aromatic heterocycles. The topological polar surface area (TPSA) is 507 Å². The first-order valence-electron chi connectivity index (χ1n) is 50.7. The number of esters is 6. The van der Waals surface area contributed by atoms with Gasteiger partial charge in [-0.3, -0.25) is 33.6 Å². The van der Waals surface area contributed by atoms with Crippen LogP contribution in [0.4, 0.5) is 0 Å². The number of aliphatic hydroxyl groups excluding tert-OH is 6. The Bertz CT molecular complexity index is 4230. The molecule has 22 aliphatic heterocycles. The van der Waals surface area contributed by atoms with Gasteiger partial charge < -0.3 is 163 Å². The largest absolute Gasteiger partial charge is 0.459 e. The molecule has 0 bridgehead atoms. The van der Waals surface area contributed by atoms with Gasteiger partial charge in [0.25, 0.3) is 0 Å². The van der Waals surface area contributed by atoms with Gasteiger partial charge in [-0.1, -0.05) is 98.4 Å². The molecule has 0 aliphatic carbocycles. The van der Waals surface area contributed by atoms with E-state index in [0.717, 1.165) is 62.5 Å². The van der Waals surface area contributed by atoms with Crippen molar-refractivity contribution in [2.24, 2.45) is 41.4 Å². The Morgan fingerprint density at radius 1 is 0.350 bits per heavy atom. The fourth-order valence-electron chi connectivity index (χ4n) is 21.8. The Morgan fingerprint density at radius 2 is 0.720 bits per heavy atom. The third-order valence-corrected chi connectivity index (χ3v) is 29.9. The molecule has 0 amide bonds. The summed E-state index contributed by atoms with van der Waals surface area (Å²) in [5.41, 5.74) is 1.16. The van der Waals surface area contributed by atoms with E-state index >= 15 is 0 Å². The van der Waals surface area contributed by atoms with Crippen LogP contribution in [0.1, 0.15) is 235 Å². The van der Waals surface area contributed by atoms with Crippen molar-refractivity contribution in [1.29, 1.82) is 0 Å². The predicted octanol–water partition coefficient (Wildman–Crippen LogP) is 7.70. The Morgan fingerprint density at radius 3 is 1.17 bits per heavy atom. The molecular formula is C100H152AcO41S. The van der Waals surface area contributed by atoms with E-state index < -0.39 is 109 Å². The summed E-state index contributed by atoms with van der Waals surface area (Å²) in [4.78, 5) is 88.6. The van der Waals surface area contributed by atoms with Crippen molar-refractivity contribution in [3.05, 3.63) is 42.0 Å². The molecule has 41 nitrogen and oxygen atoms in total. The molecule has 22 aliphatic rings. The number of fused-ring (bicyclic) bond motifs is 11. The van der Waals surface area contributed by atoms with Crippen molar-refractivity contribution in [2.45, 2.75) is 465 Å². The second-order valence-electron chi connectivity index (χ2n) is 40.8. The third kappa shape index (κ3) is 28.5. The molecule has 22 fully saturated rings. The normalized spacial score (nSPS) is 43.0. The monoisotopic (exact) mass is 2270 g/mol. The summed E-state index contributed by atoms with van der Waals surface area (Å²) in [6, 6.07) is 10.1. The van der Waals surface area contributed by atoms with Crippen LogP contribution in [0.2, 0.25) is 0 Å². The molecule has 143 heavy (non-hydrogen) atoms. The summed E-state index contributed by atoms with van der Waals surface area (Å²) < 4.78 is 146. The number of ketones is 1. The number of rotatable bonds is 14. The van der Waals surface area contributed by atoms with E-state index in [2.05, 4.69) is 52.8 Å². The van der Waals surface area contributed by atoms with Gasteiger partial charge in [-0.2, -0.15) is 0 Å². The maximum atomic E-state index is 11.6. The Labute approximate surface area is 875 Å². The van der Waals surface area contributed by atoms with E-state index in [1.54, 1.807) is 39.5 Å². The quantitative estimate of drug-likeness (QED) is 0.0449. The molecule has 1 aromatic carbocycles. The van der Waals surface area contributed by atoms with Crippen molar-refractivity contribution < 1.29 is 241 Å². The molecule has 807 valence electrons. The van der Waals surface area contributed by atoms with Crippen molar-refractivity contribution in [3.63, 3.8) is 0 Å². The zero-order valence-corrected chi connectivity index (χ0v) is 91.2. The molecule has 1 radical (unpaired) electrons. The number of carbonyl (C=O) groups excluding carboxylic acids is 8. The summed E-state index contributed by atoms with van der Waals surface area (Å²) in [5, 5.41) is 55.6. The average molecular weight is 2270 g/mol. The summed E-state index contributed by atoms with van der Waals surface area (Å²) >= 11 is 1.65. The molecule has 43 heteroatoms. The molecule has 1 aromatic rings. The summed E-state index contributed by atoms with van der Waals surface area (Å²) in [5.74, 6) is -2.68. The van der Waals surface area contributed by atoms with Crippen molar-refractivity contribution in [1.82, 2.24) is 0 Å². The zero-order chi connectivity index (χ0) is 103. The molecule has 0 spiro atoms. The van der Waals surface area contributed by atoms with Crippen LogP contribution in [0.15, 0.2) is 46.9 Å². The minimum absolute atomic E-state index is 0. The first-order chi connectivity index (χ1) is 67.4. The molecule has 22 heterocycles. The van der Waals surface area contributed by atoms with E-state index in [0.29, 0.717) is 82.7 Å². The average Bonchev–Trinajstić information content (AvgIpc) is 1.62. The number of hydrogen-bond acceptors (Lipinski definition) is 42. The van der Waals surface area contributed by atoms with Crippen molar-refractivity contribution in [2.75, 3.05) is 33.0 Å². The summed E-state index contributed by atoms with van der Waals surface area (Å²) in [7, 11) is 0. The van der Waals surface area contributed by atoms with E-state index in [4.69, 9.17) is 138 Å². The molecule has 0 saturated carbocycles. The number of allylic oxidation sites excluding steroid dienone is 1. The third-order valence-electron chi connectivity index (χ3n) is 28.7. The van der Waals surface area contributed by atoms with Crippen LogP contribution in [0.3, 0.4) is 0 Å². The smallest absolute Gasteiger partial charge is 0.306 e. The Balaban J connectivity index is 0.000000141. The van der Waals surface area contributed by atoms with Crippen LogP contribution < -0.4 is 0 Å². The number of hydrogen-bond donors (Lipinski definition) is 6. The minimum atomic E-state index is -0.911. The number of benzene rings is 1. The fourth-order valence-corrected chi connectivity index (χ4v) is 23.0. The number of Topliss-reactive ketones (excluding diaryl/α,β-unsaturated/α-hetero) is 1. The van der Waals surface area contributed by atoms with Gasteiger partial charge in [-0.15, -0.1) is 0 Å². The minimum Gasteiger partial charge on any atom is -0.459 e. The molecular weight excluding hydrogens is 2120 g/mol. The van der Waals surface area contributed by atoms with Crippen LogP contribution in [-0.2, 0) is 166 Å². The SMILES string of the molecule is CC1(C)O[C@H]2O[C@H](CO)[C@H](O)[C@H]2O1.CC=C1[C@H]2OC(C)(C)O[C@H]2O[C@@H]1CC.CC[C@H]1OC(O)C2OC(=O)C[C@@H]21.CC[C@H]1OC(O)[C@@H]2OC(=O)C[C@H]12.CC[C@H]1OC(Sc2ccccc2)C2OC(=O)C[C@@H]21.CC[C@H]1OC[C@@H]2OC(=O)C[C@@H]21.CC[C@H]1O[C@@H]2OC(C)(C)O[C@@H]2C1=O.CC[C@H]1O[C@@H]2OC(C)(C)O[C@@H]2[C@H]1O.CC[C@H]1[C@H]2OC(C)(C)O[C@H]2O[C@@H]1CC.O=C1C[C@H]2[C@H](CO[C@@H]2CO)O1.O=CC1OCC2OC(=O)C[C@H]12.[Ac]. The number of ether oxygens (including phenoxy) is 27. The van der Waals surface area contributed by atoms with E-state index in [1.807, 2.05) is 94.4 Å². The van der Waals surface area contributed by atoms with Crippen LogP contribution in [0.5, 0.6) is 0 Å². The standard InChI is InChI=1S/C14H16O3S.C11H20O3.C11H18O3.C9H16O4.C9H14O4.C8H14O5.2C8H12O4.C8H12O3.C7H10O4.C7H8O4.Ac/c1-2-11-10-8-12(15)17-13(10)14(16-11)18-9-6-4-3-5-7-9;2*1-5-7-8(6-2)12-10-9(7)13-11(3,4)14-10;2*1-4-5-6(10)7-8(11-5)13-9(2,3)12-7;1-8(2)12-6-5(10)4(3-9)11-7(6)13-8;2*1-2-5-4-3-6(9)12-7(4)8(10)11-5;1-2-6-5-3-8(9)11-7(5)4-10-6;2*8-2-5-4-1-7(9)11-6(4)3-10-5;/h3-7,10-11,13-14H,2,8H2,1H3;7-10H,5-6H2,1-4H3;5,8-10H,6H2,1-4H3;5-8,10H,4H2,1-3H3;5,7-8H,4H2,1-3H3;4-7,9-10H,3H2,1-2H3;2*4-5,7-8,10H,2-3H2,1H3;5-7H,2-4H2,1H3;4-6,8H,1-3H2;2,4-6H,1,3H2;/t10-,11-,13?,14?;7-,8-,9-,10-;8-,9-,10-;5-,6+,7-,8-;5-,7-,8-;4-,5+,6-,7-;4-,5-,7?,8?;4-,5-,7-,8?;5-,6-,7+;4-,5-,6+;4-,5?,6?;/m11111111111./s1. The van der Waals surface area contributed by atoms with Gasteiger partial charge in [0.15, 0.2) is 97.1 Å². The van der Waals surface area contributed by atoms with Gasteiger partial charge in [0.1, 0.15) is 91.1 Å². The first kappa shape index (κ1) is 117. The maximum absolute atomic E-state index is 11.6.